The Kier molecular flexibility index (Phi) is 3.66. The average Bonchev–Trinajstić information content (AvgIpc) is 3.11. The smallest absolute Gasteiger partial charge is 0.00682 e. The molecular formula is C18H27N. The van der Waals surface area contributed by atoms with Crippen LogP contribution in [-0.4, -0.2) is 12.6 Å². The largest absolute Gasteiger partial charge is 0.314 e. The summed E-state index contributed by atoms with van der Waals surface area (Å²) in [5.41, 5.74) is 3.52. The van der Waals surface area contributed by atoms with Gasteiger partial charge in [0.05, 0.1) is 0 Å². The molecule has 0 spiro atoms. The van der Waals surface area contributed by atoms with Gasteiger partial charge in [-0.2, -0.15) is 0 Å². The molecule has 0 aliphatic heterocycles. The second-order valence-electron chi connectivity index (χ2n) is 7.08. The second-order valence-corrected chi connectivity index (χ2v) is 7.08. The summed E-state index contributed by atoms with van der Waals surface area (Å²) in [5.74, 6) is 0.840. The van der Waals surface area contributed by atoms with Crippen LogP contribution >= 0.6 is 0 Å². The van der Waals surface area contributed by atoms with E-state index in [0.717, 1.165) is 18.5 Å². The highest BCUT2D eigenvalue weighted by Crippen LogP contribution is 2.42. The van der Waals surface area contributed by atoms with Crippen LogP contribution in [0, 0.1) is 0 Å². The van der Waals surface area contributed by atoms with Crippen molar-refractivity contribution < 1.29 is 0 Å². The fourth-order valence-corrected chi connectivity index (χ4v) is 3.20. The number of benzene rings is 1. The summed E-state index contributed by atoms with van der Waals surface area (Å²) in [4.78, 5) is 0. The molecule has 0 saturated heterocycles. The van der Waals surface area contributed by atoms with E-state index in [4.69, 9.17) is 0 Å². The Balaban J connectivity index is 1.70. The molecule has 2 saturated carbocycles. The van der Waals surface area contributed by atoms with E-state index < -0.39 is 0 Å². The van der Waals surface area contributed by atoms with Crippen molar-refractivity contribution in [3.8, 4) is 0 Å². The van der Waals surface area contributed by atoms with E-state index in [-0.39, 0.29) is 0 Å². The minimum atomic E-state index is 0.300. The van der Waals surface area contributed by atoms with Crippen LogP contribution in [0.1, 0.15) is 69.4 Å². The Hall–Kier alpha value is -0.820. The van der Waals surface area contributed by atoms with Gasteiger partial charge in [-0.25, -0.2) is 0 Å². The summed E-state index contributed by atoms with van der Waals surface area (Å²) in [5, 5.41) is 3.66. The van der Waals surface area contributed by atoms with Crippen molar-refractivity contribution in [2.75, 3.05) is 6.54 Å². The summed E-state index contributed by atoms with van der Waals surface area (Å²) in [6.45, 7) is 5.99. The lowest BCUT2D eigenvalue weighted by atomic mass is 9.71. The van der Waals surface area contributed by atoms with Gasteiger partial charge in [-0.3, -0.25) is 0 Å². The fraction of sp³-hybridized carbons (Fsp3) is 0.667. The third-order valence-electron chi connectivity index (χ3n) is 5.00. The van der Waals surface area contributed by atoms with Crippen LogP contribution in [0.5, 0.6) is 0 Å². The van der Waals surface area contributed by atoms with Crippen molar-refractivity contribution in [3.63, 3.8) is 0 Å². The Labute approximate surface area is 117 Å². The molecular weight excluding hydrogens is 230 g/mol. The lowest BCUT2D eigenvalue weighted by Gasteiger charge is -2.34. The first kappa shape index (κ1) is 13.2. The average molecular weight is 257 g/mol. The third kappa shape index (κ3) is 3.02. The molecule has 19 heavy (non-hydrogen) atoms. The number of nitrogens with one attached hydrogen (secondary N) is 1. The molecule has 1 N–H and O–H groups in total. The number of hydrogen-bond donors (Lipinski definition) is 1. The molecule has 0 heterocycles. The topological polar surface area (TPSA) is 12.0 Å². The molecule has 104 valence electrons. The first-order valence-electron chi connectivity index (χ1n) is 7.99. The minimum Gasteiger partial charge on any atom is -0.314 e. The van der Waals surface area contributed by atoms with Crippen LogP contribution < -0.4 is 5.32 Å². The van der Waals surface area contributed by atoms with E-state index >= 15 is 0 Å². The van der Waals surface area contributed by atoms with Crippen molar-refractivity contribution in [1.29, 1.82) is 0 Å². The van der Waals surface area contributed by atoms with Crippen molar-refractivity contribution in [2.24, 2.45) is 0 Å². The molecule has 0 bridgehead atoms. The maximum absolute atomic E-state index is 3.66. The van der Waals surface area contributed by atoms with Gasteiger partial charge in [-0.1, -0.05) is 44.5 Å². The summed E-state index contributed by atoms with van der Waals surface area (Å²) >= 11 is 0. The summed E-state index contributed by atoms with van der Waals surface area (Å²) in [7, 11) is 0. The highest BCUT2D eigenvalue weighted by Gasteiger charge is 2.29. The summed E-state index contributed by atoms with van der Waals surface area (Å²) in [6.07, 6.45) is 8.23. The van der Waals surface area contributed by atoms with Gasteiger partial charge in [0.1, 0.15) is 0 Å². The first-order chi connectivity index (χ1) is 9.17. The second kappa shape index (κ2) is 5.28. The Bertz CT molecular complexity index is 427. The van der Waals surface area contributed by atoms with Gasteiger partial charge in [-0.15, -0.1) is 0 Å². The molecule has 3 rings (SSSR count). The third-order valence-corrected chi connectivity index (χ3v) is 5.00. The minimum absolute atomic E-state index is 0.300. The van der Waals surface area contributed by atoms with Crippen molar-refractivity contribution in [3.05, 3.63) is 35.4 Å². The standard InChI is InChI=1S/C18H27N/c1-18(2,12-13-19-15-10-11-15)17-9-4-3-8-16(17)14-6-5-7-14/h3-4,8-9,14-15,19H,5-7,10-13H2,1-2H3. The zero-order valence-corrected chi connectivity index (χ0v) is 12.4. The molecule has 1 aromatic carbocycles. The Morgan fingerprint density at radius 2 is 1.84 bits per heavy atom. The van der Waals surface area contributed by atoms with Crippen molar-refractivity contribution in [2.45, 2.75) is 69.7 Å². The van der Waals surface area contributed by atoms with Gasteiger partial charge in [0, 0.05) is 6.04 Å². The molecule has 2 fully saturated rings. The van der Waals surface area contributed by atoms with Crippen LogP contribution in [0.3, 0.4) is 0 Å². The zero-order valence-electron chi connectivity index (χ0n) is 12.4. The molecule has 1 nitrogen and oxygen atoms in total. The van der Waals surface area contributed by atoms with Gasteiger partial charge in [-0.05, 0) is 61.1 Å². The fourth-order valence-electron chi connectivity index (χ4n) is 3.20. The lowest BCUT2D eigenvalue weighted by Crippen LogP contribution is -2.28. The van der Waals surface area contributed by atoms with Crippen LogP contribution in [0.15, 0.2) is 24.3 Å². The van der Waals surface area contributed by atoms with E-state index in [2.05, 4.69) is 43.4 Å². The Morgan fingerprint density at radius 1 is 1.11 bits per heavy atom. The molecule has 0 radical (unpaired) electrons. The van der Waals surface area contributed by atoms with Crippen LogP contribution in [0.4, 0.5) is 0 Å². The van der Waals surface area contributed by atoms with E-state index in [1.54, 1.807) is 11.1 Å². The summed E-state index contributed by atoms with van der Waals surface area (Å²) < 4.78 is 0. The maximum atomic E-state index is 3.66. The molecule has 0 aromatic heterocycles. The molecule has 2 aliphatic rings. The predicted octanol–water partition coefficient (Wildman–Crippen LogP) is 4.37. The van der Waals surface area contributed by atoms with Crippen LogP contribution in [-0.2, 0) is 5.41 Å². The monoisotopic (exact) mass is 257 g/mol. The maximum Gasteiger partial charge on any atom is 0.00682 e. The molecule has 2 aliphatic carbocycles. The molecule has 0 unspecified atom stereocenters. The predicted molar refractivity (Wildman–Crippen MR) is 81.7 cm³/mol. The highest BCUT2D eigenvalue weighted by molar-refractivity contribution is 5.37. The van der Waals surface area contributed by atoms with Gasteiger partial charge in [0.2, 0.25) is 0 Å². The van der Waals surface area contributed by atoms with Crippen molar-refractivity contribution in [1.82, 2.24) is 5.32 Å². The van der Waals surface area contributed by atoms with Gasteiger partial charge < -0.3 is 5.32 Å². The van der Waals surface area contributed by atoms with E-state index in [9.17, 15) is 0 Å². The number of rotatable bonds is 6. The van der Waals surface area contributed by atoms with Crippen LogP contribution in [0.25, 0.3) is 0 Å². The van der Waals surface area contributed by atoms with E-state index in [0.29, 0.717) is 5.41 Å². The molecule has 0 amide bonds. The van der Waals surface area contributed by atoms with Crippen molar-refractivity contribution >= 4 is 0 Å². The first-order valence-corrected chi connectivity index (χ1v) is 7.99. The molecule has 1 heteroatoms. The highest BCUT2D eigenvalue weighted by atomic mass is 14.9. The van der Waals surface area contributed by atoms with E-state index in [1.807, 2.05) is 0 Å². The SMILES string of the molecule is CC(C)(CCNC1CC1)c1ccccc1C1CCC1. The van der Waals surface area contributed by atoms with Crippen LogP contribution in [0.2, 0.25) is 0 Å². The van der Waals surface area contributed by atoms with Gasteiger partial charge in [0.25, 0.3) is 0 Å². The van der Waals surface area contributed by atoms with Gasteiger partial charge >= 0.3 is 0 Å². The normalized spacial score (nSPS) is 20.3. The van der Waals surface area contributed by atoms with E-state index in [1.165, 1.54) is 38.5 Å². The lowest BCUT2D eigenvalue weighted by molar-refractivity contribution is 0.398. The summed E-state index contributed by atoms with van der Waals surface area (Å²) in [6, 6.07) is 10.0. The molecule has 1 aromatic rings. The van der Waals surface area contributed by atoms with Gasteiger partial charge in [0.15, 0.2) is 0 Å². The quantitative estimate of drug-likeness (QED) is 0.797. The zero-order chi connectivity index (χ0) is 13.3. The Morgan fingerprint density at radius 3 is 2.47 bits per heavy atom. The molecule has 0 atom stereocenters. The number of hydrogen-bond acceptors (Lipinski definition) is 1.